The SMILES string of the molecule is COc1c(C(C)(C)C)cc(N)c(F)c1C#Cc1ccc(NS(C)(=O)=O)cc1. The third-order valence-corrected chi connectivity index (χ3v) is 4.38. The molecule has 7 heteroatoms. The standard InChI is InChI=1S/C20H23FN2O3S/c1-20(2,3)16-12-17(22)18(21)15(19(16)26-4)11-8-13-6-9-14(10-7-13)23-27(5,24)25/h6-7,9-10,12,23H,22H2,1-5H3. The molecular weight excluding hydrogens is 367 g/mol. The third-order valence-electron chi connectivity index (χ3n) is 3.78. The molecule has 0 aliphatic carbocycles. The van der Waals surface area contributed by atoms with Crippen molar-refractivity contribution in [1.29, 1.82) is 0 Å². The molecule has 0 aliphatic heterocycles. The highest BCUT2D eigenvalue weighted by atomic mass is 32.2. The summed E-state index contributed by atoms with van der Waals surface area (Å²) in [5.41, 5.74) is 7.41. The molecule has 0 atom stereocenters. The fraction of sp³-hybridized carbons (Fsp3) is 0.300. The number of methoxy groups -OCH3 is 1. The number of hydrogen-bond acceptors (Lipinski definition) is 4. The van der Waals surface area contributed by atoms with Gasteiger partial charge in [-0.3, -0.25) is 4.72 Å². The normalized spacial score (nSPS) is 11.5. The molecule has 0 unspecified atom stereocenters. The highest BCUT2D eigenvalue weighted by molar-refractivity contribution is 7.92. The molecule has 0 heterocycles. The van der Waals surface area contributed by atoms with Gasteiger partial charge >= 0.3 is 0 Å². The van der Waals surface area contributed by atoms with Crippen molar-refractivity contribution in [2.75, 3.05) is 23.8 Å². The molecule has 0 aromatic heterocycles. The molecule has 0 aliphatic rings. The zero-order valence-electron chi connectivity index (χ0n) is 16.0. The Bertz CT molecular complexity index is 1010. The molecule has 2 aromatic rings. The van der Waals surface area contributed by atoms with Gasteiger partial charge in [-0.2, -0.15) is 0 Å². The van der Waals surface area contributed by atoms with E-state index in [0.717, 1.165) is 11.8 Å². The summed E-state index contributed by atoms with van der Waals surface area (Å²) < 4.78 is 44.9. The van der Waals surface area contributed by atoms with E-state index in [9.17, 15) is 12.8 Å². The van der Waals surface area contributed by atoms with Gasteiger partial charge in [0, 0.05) is 16.8 Å². The minimum absolute atomic E-state index is 0.0118. The van der Waals surface area contributed by atoms with Crippen LogP contribution in [0.25, 0.3) is 0 Å². The Morgan fingerprint density at radius 3 is 2.22 bits per heavy atom. The fourth-order valence-corrected chi connectivity index (χ4v) is 3.08. The fourth-order valence-electron chi connectivity index (χ4n) is 2.51. The third kappa shape index (κ3) is 5.14. The first-order valence-corrected chi connectivity index (χ1v) is 10.1. The molecule has 0 bridgehead atoms. The van der Waals surface area contributed by atoms with Crippen LogP contribution in [0.3, 0.4) is 0 Å². The molecule has 3 N–H and O–H groups in total. The van der Waals surface area contributed by atoms with Gasteiger partial charge in [0.25, 0.3) is 0 Å². The van der Waals surface area contributed by atoms with E-state index in [2.05, 4.69) is 16.6 Å². The first-order chi connectivity index (χ1) is 12.4. The maximum Gasteiger partial charge on any atom is 0.229 e. The summed E-state index contributed by atoms with van der Waals surface area (Å²) in [7, 11) is -1.88. The van der Waals surface area contributed by atoms with E-state index in [4.69, 9.17) is 10.5 Å². The van der Waals surface area contributed by atoms with Crippen LogP contribution >= 0.6 is 0 Å². The van der Waals surface area contributed by atoms with Crippen molar-refractivity contribution < 1.29 is 17.5 Å². The Labute approximate surface area is 159 Å². The molecule has 2 rings (SSSR count). The van der Waals surface area contributed by atoms with Gasteiger partial charge in [-0.15, -0.1) is 0 Å². The molecular formula is C20H23FN2O3S. The topological polar surface area (TPSA) is 81.4 Å². The summed E-state index contributed by atoms with van der Waals surface area (Å²) >= 11 is 0. The Kier molecular flexibility index (Phi) is 5.71. The minimum Gasteiger partial charge on any atom is -0.495 e. The van der Waals surface area contributed by atoms with Crippen molar-refractivity contribution in [3.63, 3.8) is 0 Å². The van der Waals surface area contributed by atoms with Crippen molar-refractivity contribution in [3.05, 3.63) is 52.8 Å². The summed E-state index contributed by atoms with van der Waals surface area (Å²) in [5.74, 6) is 5.41. The number of hydrogen-bond donors (Lipinski definition) is 2. The van der Waals surface area contributed by atoms with Crippen LogP contribution in [0.4, 0.5) is 15.8 Å². The minimum atomic E-state index is -3.35. The van der Waals surface area contributed by atoms with Gasteiger partial charge in [0.05, 0.1) is 19.1 Å². The Balaban J connectivity index is 2.48. The summed E-state index contributed by atoms with van der Waals surface area (Å²) in [6.07, 6.45) is 1.07. The van der Waals surface area contributed by atoms with Crippen molar-refractivity contribution in [2.24, 2.45) is 0 Å². The van der Waals surface area contributed by atoms with E-state index in [1.807, 2.05) is 20.8 Å². The summed E-state index contributed by atoms with van der Waals surface area (Å²) in [6.45, 7) is 5.94. The van der Waals surface area contributed by atoms with Gasteiger partial charge < -0.3 is 10.5 Å². The molecule has 2 aromatic carbocycles. The number of halogens is 1. The van der Waals surface area contributed by atoms with Crippen LogP contribution in [-0.4, -0.2) is 21.8 Å². The molecule has 0 radical (unpaired) electrons. The average Bonchev–Trinajstić information content (AvgIpc) is 2.54. The first kappa shape index (κ1) is 20.6. The molecule has 27 heavy (non-hydrogen) atoms. The molecule has 0 saturated heterocycles. The second-order valence-electron chi connectivity index (χ2n) is 7.19. The number of benzene rings is 2. The van der Waals surface area contributed by atoms with E-state index in [1.165, 1.54) is 7.11 Å². The van der Waals surface area contributed by atoms with E-state index in [0.29, 0.717) is 17.0 Å². The van der Waals surface area contributed by atoms with Gasteiger partial charge in [0.15, 0.2) is 5.82 Å². The first-order valence-electron chi connectivity index (χ1n) is 8.18. The predicted octanol–water partition coefficient (Wildman–Crippen LogP) is 3.49. The van der Waals surface area contributed by atoms with E-state index in [-0.39, 0.29) is 16.7 Å². The van der Waals surface area contributed by atoms with E-state index in [1.54, 1.807) is 30.3 Å². The van der Waals surface area contributed by atoms with Crippen LogP contribution in [0.5, 0.6) is 5.75 Å². The summed E-state index contributed by atoms with van der Waals surface area (Å²) in [4.78, 5) is 0. The average molecular weight is 390 g/mol. The number of nitrogens with two attached hydrogens (primary N) is 1. The number of nitrogens with one attached hydrogen (secondary N) is 1. The van der Waals surface area contributed by atoms with Crippen LogP contribution < -0.4 is 15.2 Å². The van der Waals surface area contributed by atoms with Crippen LogP contribution in [0.1, 0.15) is 37.5 Å². The van der Waals surface area contributed by atoms with Gasteiger partial charge in [-0.05, 0) is 35.7 Å². The Morgan fingerprint density at radius 1 is 1.15 bits per heavy atom. The van der Waals surface area contributed by atoms with Gasteiger partial charge in [0.1, 0.15) is 11.3 Å². The lowest BCUT2D eigenvalue weighted by Crippen LogP contribution is -2.15. The van der Waals surface area contributed by atoms with Crippen molar-refractivity contribution in [3.8, 4) is 17.6 Å². The summed E-state index contributed by atoms with van der Waals surface area (Å²) in [6, 6.07) is 8.02. The maximum atomic E-state index is 14.6. The Morgan fingerprint density at radius 2 is 1.74 bits per heavy atom. The lowest BCUT2D eigenvalue weighted by molar-refractivity contribution is 0.393. The number of rotatable bonds is 3. The highest BCUT2D eigenvalue weighted by Crippen LogP contribution is 2.37. The molecule has 0 fully saturated rings. The van der Waals surface area contributed by atoms with Crippen LogP contribution in [0, 0.1) is 17.7 Å². The monoisotopic (exact) mass is 390 g/mol. The molecule has 144 valence electrons. The van der Waals surface area contributed by atoms with Gasteiger partial charge in [-0.25, -0.2) is 12.8 Å². The number of ether oxygens (including phenoxy) is 1. The smallest absolute Gasteiger partial charge is 0.229 e. The molecule has 5 nitrogen and oxygen atoms in total. The predicted molar refractivity (Wildman–Crippen MR) is 107 cm³/mol. The van der Waals surface area contributed by atoms with E-state index < -0.39 is 15.8 Å². The van der Waals surface area contributed by atoms with Crippen molar-refractivity contribution in [2.45, 2.75) is 26.2 Å². The lowest BCUT2D eigenvalue weighted by Gasteiger charge is -2.24. The Hall–Kier alpha value is -2.72. The van der Waals surface area contributed by atoms with Crippen LogP contribution in [-0.2, 0) is 15.4 Å². The number of anilines is 2. The van der Waals surface area contributed by atoms with Gasteiger partial charge in [-0.1, -0.05) is 32.6 Å². The second-order valence-corrected chi connectivity index (χ2v) is 8.94. The van der Waals surface area contributed by atoms with E-state index >= 15 is 0 Å². The lowest BCUT2D eigenvalue weighted by atomic mass is 9.84. The molecule has 0 spiro atoms. The van der Waals surface area contributed by atoms with Crippen LogP contribution in [0.15, 0.2) is 30.3 Å². The highest BCUT2D eigenvalue weighted by Gasteiger charge is 2.24. The van der Waals surface area contributed by atoms with Crippen molar-refractivity contribution in [1.82, 2.24) is 0 Å². The second kappa shape index (κ2) is 7.49. The van der Waals surface area contributed by atoms with Crippen LogP contribution in [0.2, 0.25) is 0 Å². The largest absolute Gasteiger partial charge is 0.495 e. The maximum absolute atomic E-state index is 14.6. The van der Waals surface area contributed by atoms with Gasteiger partial charge in [0.2, 0.25) is 10.0 Å². The zero-order chi connectivity index (χ0) is 20.4. The molecule has 0 saturated carbocycles. The quantitative estimate of drug-likeness (QED) is 0.621. The molecule has 0 amide bonds. The van der Waals surface area contributed by atoms with Crippen molar-refractivity contribution >= 4 is 21.4 Å². The summed E-state index contributed by atoms with van der Waals surface area (Å²) in [5, 5.41) is 0. The zero-order valence-corrected chi connectivity index (χ0v) is 16.8. The number of sulfonamides is 1. The number of nitrogen functional groups attached to an aromatic ring is 1.